The van der Waals surface area contributed by atoms with Crippen LogP contribution in [0.5, 0.6) is 5.75 Å². The second-order valence-corrected chi connectivity index (χ2v) is 15.1. The summed E-state index contributed by atoms with van der Waals surface area (Å²) in [5.74, 6) is 1.34. The number of nitrogens with one attached hydrogen (secondary N) is 2. The highest BCUT2D eigenvalue weighted by molar-refractivity contribution is 7.95. The molecule has 44 heavy (non-hydrogen) atoms. The lowest BCUT2D eigenvalue weighted by Gasteiger charge is -2.42. The maximum atomic E-state index is 12.8. The summed E-state index contributed by atoms with van der Waals surface area (Å²) in [4.78, 5) is 15.2. The number of hydrogen-bond donors (Lipinski definition) is 4. The molecule has 2 aromatic rings. The molecule has 0 unspecified atom stereocenters. The number of aliphatic imine (C=N–C) groups is 1. The number of nitrogens with zero attached hydrogens (tertiary/aromatic N) is 4. The van der Waals surface area contributed by atoms with E-state index in [1.54, 1.807) is 0 Å². The lowest BCUT2D eigenvalue weighted by Crippen LogP contribution is -2.50. The smallest absolute Gasteiger partial charge is 0.229 e. The van der Waals surface area contributed by atoms with E-state index < -0.39 is 9.84 Å². The highest BCUT2D eigenvalue weighted by Gasteiger charge is 2.32. The van der Waals surface area contributed by atoms with Gasteiger partial charge in [-0.2, -0.15) is 4.98 Å². The number of allylic oxidation sites excluding steroid dienone is 1. The number of hydrogen-bond acceptors (Lipinski definition) is 11. The first kappa shape index (κ1) is 34.0. The van der Waals surface area contributed by atoms with E-state index >= 15 is 0 Å². The van der Waals surface area contributed by atoms with Crippen molar-refractivity contribution in [3.05, 3.63) is 45.2 Å². The molecule has 0 atom stereocenters. The van der Waals surface area contributed by atoms with Crippen molar-refractivity contribution in [1.82, 2.24) is 14.9 Å². The number of ether oxygens (including phenoxy) is 1. The average molecular weight is 648 g/mol. The normalized spacial score (nSPS) is 17.7. The lowest BCUT2D eigenvalue weighted by molar-refractivity contribution is 0.0378. The maximum absolute atomic E-state index is 12.8. The Bertz CT molecular complexity index is 1500. The van der Waals surface area contributed by atoms with Crippen LogP contribution < -0.4 is 21.1 Å². The first-order valence-electron chi connectivity index (χ1n) is 15.1. The van der Waals surface area contributed by atoms with Gasteiger partial charge >= 0.3 is 0 Å². The highest BCUT2D eigenvalue weighted by Crippen LogP contribution is 2.40. The second kappa shape index (κ2) is 14.0. The summed E-state index contributed by atoms with van der Waals surface area (Å²) in [7, 11) is -2.22. The summed E-state index contributed by atoms with van der Waals surface area (Å²) in [5, 5.41) is 15.9. The molecule has 2 heterocycles. The van der Waals surface area contributed by atoms with Crippen molar-refractivity contribution in [2.24, 2.45) is 16.6 Å². The summed E-state index contributed by atoms with van der Waals surface area (Å²) in [6, 6.07) is 4.20. The molecule has 1 aromatic heterocycles. The Morgan fingerprint density at radius 2 is 1.95 bits per heavy atom. The molecule has 1 saturated heterocycles. The van der Waals surface area contributed by atoms with Crippen LogP contribution >= 0.6 is 11.6 Å². The lowest BCUT2D eigenvalue weighted by atomic mass is 9.85. The molecule has 5 N–H and O–H groups in total. The molecule has 0 spiro atoms. The Hall–Kier alpha value is -2.93. The van der Waals surface area contributed by atoms with E-state index in [9.17, 15) is 13.5 Å². The van der Waals surface area contributed by atoms with Crippen LogP contribution in [0.25, 0.3) is 0 Å². The number of rotatable bonds is 13. The van der Waals surface area contributed by atoms with Gasteiger partial charge in [0.05, 0.1) is 36.0 Å². The number of anilines is 3. The molecule has 0 amide bonds. The third-order valence-electron chi connectivity index (χ3n) is 8.02. The zero-order valence-corrected chi connectivity index (χ0v) is 28.1. The monoisotopic (exact) mass is 647 g/mol. The Morgan fingerprint density at radius 3 is 2.55 bits per heavy atom. The Labute approximate surface area is 266 Å². The Balaban J connectivity index is 1.60. The summed E-state index contributed by atoms with van der Waals surface area (Å²) in [5.41, 5.74) is 9.07. The van der Waals surface area contributed by atoms with Gasteiger partial charge in [0.2, 0.25) is 5.95 Å². The zero-order chi connectivity index (χ0) is 32.2. The molecule has 1 aromatic carbocycles. The fourth-order valence-electron chi connectivity index (χ4n) is 5.35. The molecule has 0 bridgehead atoms. The number of aryl methyl sites for hydroxylation is 1. The van der Waals surface area contributed by atoms with Gasteiger partial charge in [0.15, 0.2) is 20.7 Å². The maximum Gasteiger partial charge on any atom is 0.229 e. The standard InChI is InChI=1S/C31H46ClN7O4S/c1-19(2)17-44(41,42)28(33)26(16-34-6)36-29-24(32)15-35-30(38-29)37-25-13-20(3)23(14-27(25)43-22-7-8-22)21-9-11-39(12-10-21)31(4,5)18-40/h13-16,19,21-22,40H,7-12,17-18,33H2,1-6H3,(H2,35,36,37,38). The first-order chi connectivity index (χ1) is 20.7. The van der Waals surface area contributed by atoms with Crippen molar-refractivity contribution in [3.63, 3.8) is 0 Å². The molecule has 13 heteroatoms. The third kappa shape index (κ3) is 8.41. The number of aromatic nitrogens is 2. The van der Waals surface area contributed by atoms with Crippen LogP contribution in [-0.2, 0) is 9.84 Å². The molecular formula is C31H46ClN7O4S. The Morgan fingerprint density at radius 1 is 1.27 bits per heavy atom. The van der Waals surface area contributed by atoms with Crippen molar-refractivity contribution >= 4 is 45.1 Å². The predicted molar refractivity (Wildman–Crippen MR) is 178 cm³/mol. The molecule has 2 fully saturated rings. The van der Waals surface area contributed by atoms with Crippen LogP contribution in [0.2, 0.25) is 5.02 Å². The van der Waals surface area contributed by atoms with E-state index in [0.29, 0.717) is 5.92 Å². The van der Waals surface area contributed by atoms with Crippen LogP contribution in [0, 0.1) is 12.8 Å². The van der Waals surface area contributed by atoms with Gasteiger partial charge in [-0.1, -0.05) is 25.4 Å². The van der Waals surface area contributed by atoms with Gasteiger partial charge < -0.3 is 26.2 Å². The van der Waals surface area contributed by atoms with Gasteiger partial charge in [0.25, 0.3) is 0 Å². The quantitative estimate of drug-likeness (QED) is 0.219. The zero-order valence-electron chi connectivity index (χ0n) is 26.5. The fourth-order valence-corrected chi connectivity index (χ4v) is 6.98. The van der Waals surface area contributed by atoms with E-state index in [0.717, 1.165) is 55.8 Å². The number of likely N-dealkylation sites (tertiary alicyclic amines) is 1. The number of nitrogens with two attached hydrogens (primary N) is 1. The van der Waals surface area contributed by atoms with Crippen molar-refractivity contribution in [1.29, 1.82) is 0 Å². The number of benzene rings is 1. The van der Waals surface area contributed by atoms with Crippen molar-refractivity contribution in [2.75, 3.05) is 43.1 Å². The summed E-state index contributed by atoms with van der Waals surface area (Å²) < 4.78 is 32.0. The minimum absolute atomic E-state index is 0.0751. The minimum atomic E-state index is -3.74. The SMILES string of the molecule is CN=CC(Nc1nc(Nc2cc(C)c(C3CCN(C(C)(C)CO)CC3)cc2OC2CC2)ncc1Cl)=C(N)S(=O)(=O)CC(C)C. The number of aliphatic hydroxyl groups is 1. The third-order valence-corrected chi connectivity index (χ3v) is 10.3. The first-order valence-corrected chi connectivity index (χ1v) is 17.2. The van der Waals surface area contributed by atoms with Gasteiger partial charge in [0.1, 0.15) is 10.8 Å². The van der Waals surface area contributed by atoms with E-state index in [1.165, 1.54) is 25.0 Å². The fraction of sp³-hybridized carbons (Fsp3) is 0.581. The van der Waals surface area contributed by atoms with Crippen LogP contribution in [-0.4, -0.2) is 78.7 Å². The van der Waals surface area contributed by atoms with Gasteiger partial charge in [-0.15, -0.1) is 0 Å². The predicted octanol–water partition coefficient (Wildman–Crippen LogP) is 4.98. The number of sulfone groups is 1. The number of piperidine rings is 1. The number of halogens is 1. The summed E-state index contributed by atoms with van der Waals surface area (Å²) >= 11 is 6.42. The van der Waals surface area contributed by atoms with Crippen molar-refractivity contribution < 1.29 is 18.3 Å². The molecule has 0 radical (unpaired) electrons. The van der Waals surface area contributed by atoms with Gasteiger partial charge in [0, 0.05) is 18.8 Å². The van der Waals surface area contributed by atoms with Gasteiger partial charge in [-0.25, -0.2) is 13.4 Å². The topological polar surface area (TPSA) is 155 Å². The van der Waals surface area contributed by atoms with E-state index in [-0.39, 0.29) is 57.4 Å². The Kier molecular flexibility index (Phi) is 10.8. The molecule has 242 valence electrons. The molecule has 1 aliphatic heterocycles. The van der Waals surface area contributed by atoms with E-state index in [4.69, 9.17) is 22.1 Å². The van der Waals surface area contributed by atoms with Crippen molar-refractivity contribution in [3.8, 4) is 5.75 Å². The van der Waals surface area contributed by atoms with Crippen LogP contribution in [0.3, 0.4) is 0 Å². The summed E-state index contributed by atoms with van der Waals surface area (Å²) in [6.45, 7) is 11.9. The average Bonchev–Trinajstić information content (AvgIpc) is 3.79. The second-order valence-electron chi connectivity index (χ2n) is 12.7. The molecule has 1 aliphatic carbocycles. The molecule has 1 saturated carbocycles. The van der Waals surface area contributed by atoms with Gasteiger partial charge in [-0.05, 0) is 94.6 Å². The molecule has 11 nitrogen and oxygen atoms in total. The van der Waals surface area contributed by atoms with Crippen LogP contribution in [0.4, 0.5) is 17.5 Å². The molecular weight excluding hydrogens is 602 g/mol. The van der Waals surface area contributed by atoms with Crippen molar-refractivity contribution in [2.45, 2.75) is 77.9 Å². The van der Waals surface area contributed by atoms with E-state index in [2.05, 4.69) is 63.4 Å². The van der Waals surface area contributed by atoms with Crippen LogP contribution in [0.1, 0.15) is 70.4 Å². The molecule has 2 aliphatic rings. The highest BCUT2D eigenvalue weighted by atomic mass is 35.5. The van der Waals surface area contributed by atoms with Crippen LogP contribution in [0.15, 0.2) is 34.0 Å². The van der Waals surface area contributed by atoms with Gasteiger partial charge in [-0.3, -0.25) is 9.89 Å². The minimum Gasteiger partial charge on any atom is -0.488 e. The van der Waals surface area contributed by atoms with E-state index in [1.807, 2.05) is 13.8 Å². The number of aliphatic hydroxyl groups excluding tert-OH is 1. The molecule has 4 rings (SSSR count). The largest absolute Gasteiger partial charge is 0.488 e. The summed E-state index contributed by atoms with van der Waals surface area (Å²) in [6.07, 6.45) is 6.97.